The Balaban J connectivity index is 2.44. The molecule has 1 saturated heterocycles. The predicted molar refractivity (Wildman–Crippen MR) is 80.0 cm³/mol. The van der Waals surface area contributed by atoms with E-state index in [2.05, 4.69) is 26.1 Å². The van der Waals surface area contributed by atoms with Crippen LogP contribution in [0.2, 0.25) is 0 Å². The van der Waals surface area contributed by atoms with Gasteiger partial charge >= 0.3 is 0 Å². The van der Waals surface area contributed by atoms with Crippen molar-refractivity contribution >= 4 is 11.8 Å². The summed E-state index contributed by atoms with van der Waals surface area (Å²) in [6.45, 7) is 9.79. The molecule has 0 aliphatic carbocycles. The Hall–Kier alpha value is -1.10. The molecule has 1 aliphatic rings. The summed E-state index contributed by atoms with van der Waals surface area (Å²) in [4.78, 5) is 25.4. The number of hydrogen-bond donors (Lipinski definition) is 2. The summed E-state index contributed by atoms with van der Waals surface area (Å²) < 4.78 is 0. The molecule has 0 aromatic carbocycles. The fraction of sp³-hybridized carbons (Fsp3) is 0.867. The molecule has 1 fully saturated rings. The molecule has 1 unspecified atom stereocenters. The summed E-state index contributed by atoms with van der Waals surface area (Å²) in [5.41, 5.74) is 5.83. The van der Waals surface area contributed by atoms with Gasteiger partial charge in [0.1, 0.15) is 0 Å². The first-order valence-electron chi connectivity index (χ1n) is 7.49. The van der Waals surface area contributed by atoms with Gasteiger partial charge in [0.15, 0.2) is 0 Å². The van der Waals surface area contributed by atoms with Crippen LogP contribution < -0.4 is 11.1 Å². The highest BCUT2D eigenvalue weighted by Gasteiger charge is 2.27. The van der Waals surface area contributed by atoms with Crippen LogP contribution in [0, 0.1) is 11.3 Å². The molecule has 0 aromatic rings. The molecule has 0 bridgehead atoms. The van der Waals surface area contributed by atoms with Crippen LogP contribution in [0.15, 0.2) is 0 Å². The van der Waals surface area contributed by atoms with Gasteiger partial charge in [-0.25, -0.2) is 0 Å². The lowest BCUT2D eigenvalue weighted by atomic mass is 9.84. The number of rotatable bonds is 4. The summed E-state index contributed by atoms with van der Waals surface area (Å²) in [7, 11) is 0. The van der Waals surface area contributed by atoms with E-state index in [1.807, 2.05) is 4.90 Å². The summed E-state index contributed by atoms with van der Waals surface area (Å²) in [6.07, 6.45) is 2.46. The highest BCUT2D eigenvalue weighted by molar-refractivity contribution is 5.79. The Morgan fingerprint density at radius 1 is 1.30 bits per heavy atom. The van der Waals surface area contributed by atoms with E-state index < -0.39 is 0 Å². The first-order chi connectivity index (χ1) is 9.23. The van der Waals surface area contributed by atoms with Crippen molar-refractivity contribution in [3.63, 3.8) is 0 Å². The number of carbonyl (C=O) groups excluding carboxylic acids is 2. The molecule has 5 nitrogen and oxygen atoms in total. The highest BCUT2D eigenvalue weighted by atomic mass is 16.2. The van der Waals surface area contributed by atoms with Crippen molar-refractivity contribution in [1.29, 1.82) is 0 Å². The zero-order valence-electron chi connectivity index (χ0n) is 13.2. The average molecular weight is 283 g/mol. The summed E-state index contributed by atoms with van der Waals surface area (Å²) in [5.74, 6) is 0.0480. The van der Waals surface area contributed by atoms with Crippen LogP contribution in [0.5, 0.6) is 0 Å². The molecule has 3 N–H and O–H groups in total. The van der Waals surface area contributed by atoms with Gasteiger partial charge in [-0.3, -0.25) is 9.59 Å². The van der Waals surface area contributed by atoms with Gasteiger partial charge in [-0.05, 0) is 24.7 Å². The lowest BCUT2D eigenvalue weighted by Gasteiger charge is -2.33. The third-order valence-corrected chi connectivity index (χ3v) is 3.80. The molecule has 116 valence electrons. The Bertz CT molecular complexity index is 342. The van der Waals surface area contributed by atoms with E-state index in [1.165, 1.54) is 0 Å². The third kappa shape index (κ3) is 5.49. The van der Waals surface area contributed by atoms with E-state index in [0.717, 1.165) is 32.4 Å². The zero-order valence-corrected chi connectivity index (χ0v) is 13.2. The van der Waals surface area contributed by atoms with Crippen LogP contribution in [0.4, 0.5) is 0 Å². The Kier molecular flexibility index (Phi) is 5.99. The molecule has 1 aliphatic heterocycles. The monoisotopic (exact) mass is 283 g/mol. The molecule has 0 spiro atoms. The van der Waals surface area contributed by atoms with Crippen molar-refractivity contribution in [2.75, 3.05) is 19.6 Å². The molecule has 0 radical (unpaired) electrons. The number of nitrogens with two attached hydrogens (primary N) is 1. The van der Waals surface area contributed by atoms with Gasteiger partial charge in [-0.2, -0.15) is 0 Å². The predicted octanol–water partition coefficient (Wildman–Crippen LogP) is 1.12. The SMILES string of the molecule is CC(=O)N1CCC(NC(=O)C(CN)CC(C)(C)C)CC1. The standard InChI is InChI=1S/C15H29N3O2/c1-11(19)18-7-5-13(6-8-18)17-14(20)12(10-16)9-15(2,3)4/h12-13H,5-10,16H2,1-4H3,(H,17,20). The van der Waals surface area contributed by atoms with Gasteiger partial charge in [-0.15, -0.1) is 0 Å². The highest BCUT2D eigenvalue weighted by Crippen LogP contribution is 2.24. The molecule has 1 atom stereocenters. The van der Waals surface area contributed by atoms with Crippen molar-refractivity contribution in [2.45, 2.75) is 53.0 Å². The summed E-state index contributed by atoms with van der Waals surface area (Å²) >= 11 is 0. The minimum absolute atomic E-state index is 0.0590. The smallest absolute Gasteiger partial charge is 0.224 e. The molecule has 5 heteroatoms. The van der Waals surface area contributed by atoms with Crippen LogP contribution in [0.1, 0.15) is 47.0 Å². The topological polar surface area (TPSA) is 75.4 Å². The largest absolute Gasteiger partial charge is 0.353 e. The van der Waals surface area contributed by atoms with Crippen molar-refractivity contribution in [3.05, 3.63) is 0 Å². The first-order valence-corrected chi connectivity index (χ1v) is 7.49. The fourth-order valence-electron chi connectivity index (χ4n) is 2.68. The van der Waals surface area contributed by atoms with Crippen LogP contribution in [-0.4, -0.2) is 42.4 Å². The maximum Gasteiger partial charge on any atom is 0.224 e. The average Bonchev–Trinajstić information content (AvgIpc) is 2.35. The number of nitrogens with one attached hydrogen (secondary N) is 1. The second-order valence-electron chi connectivity index (χ2n) is 6.99. The van der Waals surface area contributed by atoms with E-state index in [1.54, 1.807) is 6.92 Å². The van der Waals surface area contributed by atoms with Crippen molar-refractivity contribution in [1.82, 2.24) is 10.2 Å². The second kappa shape index (κ2) is 7.07. The molecule has 1 heterocycles. The molecule has 2 amide bonds. The molecule has 0 aromatic heterocycles. The third-order valence-electron chi connectivity index (χ3n) is 3.80. The number of nitrogens with zero attached hydrogens (tertiary/aromatic N) is 1. The fourth-order valence-corrected chi connectivity index (χ4v) is 2.68. The van der Waals surface area contributed by atoms with E-state index in [-0.39, 0.29) is 29.2 Å². The quantitative estimate of drug-likeness (QED) is 0.812. The van der Waals surface area contributed by atoms with Gasteiger partial charge in [0, 0.05) is 32.6 Å². The van der Waals surface area contributed by atoms with E-state index in [9.17, 15) is 9.59 Å². The van der Waals surface area contributed by atoms with E-state index >= 15 is 0 Å². The van der Waals surface area contributed by atoms with Gasteiger partial charge in [0.05, 0.1) is 5.92 Å². The van der Waals surface area contributed by atoms with Crippen LogP contribution in [-0.2, 0) is 9.59 Å². The van der Waals surface area contributed by atoms with Crippen molar-refractivity contribution in [3.8, 4) is 0 Å². The number of piperidine rings is 1. The van der Waals surface area contributed by atoms with Crippen molar-refractivity contribution < 1.29 is 9.59 Å². The maximum absolute atomic E-state index is 12.3. The minimum Gasteiger partial charge on any atom is -0.353 e. The van der Waals surface area contributed by atoms with Gasteiger partial charge < -0.3 is 16.0 Å². The Morgan fingerprint density at radius 2 is 1.85 bits per heavy atom. The second-order valence-corrected chi connectivity index (χ2v) is 6.99. The van der Waals surface area contributed by atoms with Gasteiger partial charge in [-0.1, -0.05) is 20.8 Å². The van der Waals surface area contributed by atoms with Gasteiger partial charge in [0.25, 0.3) is 0 Å². The van der Waals surface area contributed by atoms with Crippen molar-refractivity contribution in [2.24, 2.45) is 17.1 Å². The Labute approximate surface area is 122 Å². The molecular weight excluding hydrogens is 254 g/mol. The van der Waals surface area contributed by atoms with Crippen LogP contribution in [0.25, 0.3) is 0 Å². The minimum atomic E-state index is -0.124. The maximum atomic E-state index is 12.3. The number of amides is 2. The molecule has 0 saturated carbocycles. The first kappa shape index (κ1) is 17.0. The lowest BCUT2D eigenvalue weighted by Crippen LogP contribution is -2.48. The van der Waals surface area contributed by atoms with Gasteiger partial charge in [0.2, 0.25) is 11.8 Å². The number of carbonyl (C=O) groups is 2. The number of likely N-dealkylation sites (tertiary alicyclic amines) is 1. The molecule has 20 heavy (non-hydrogen) atoms. The van der Waals surface area contributed by atoms with E-state index in [4.69, 9.17) is 5.73 Å². The lowest BCUT2D eigenvalue weighted by molar-refractivity contribution is -0.130. The summed E-state index contributed by atoms with van der Waals surface area (Å²) in [5, 5.41) is 3.10. The molecular formula is C15H29N3O2. The zero-order chi connectivity index (χ0) is 15.3. The van der Waals surface area contributed by atoms with E-state index in [0.29, 0.717) is 6.54 Å². The van der Waals surface area contributed by atoms with Crippen LogP contribution in [0.3, 0.4) is 0 Å². The van der Waals surface area contributed by atoms with Crippen LogP contribution >= 0.6 is 0 Å². The Morgan fingerprint density at radius 3 is 2.25 bits per heavy atom. The summed E-state index contributed by atoms with van der Waals surface area (Å²) in [6, 6.07) is 0.173. The molecule has 1 rings (SSSR count). The number of hydrogen-bond acceptors (Lipinski definition) is 3. The normalized spacial score (nSPS) is 18.8.